The van der Waals surface area contributed by atoms with Gasteiger partial charge in [0, 0.05) is 5.56 Å². The maximum atomic E-state index is 12.3. The Morgan fingerprint density at radius 3 is 2.85 bits per heavy atom. The fraction of sp³-hybridized carbons (Fsp3) is 0.0556. The zero-order valence-electron chi connectivity index (χ0n) is 14.0. The maximum absolute atomic E-state index is 12.3. The minimum atomic E-state index is -0.265. The molecule has 8 nitrogen and oxygen atoms in total. The number of hydrogen-bond donors (Lipinski definition) is 2. The second kappa shape index (κ2) is 5.99. The van der Waals surface area contributed by atoms with Crippen LogP contribution in [0.15, 0.2) is 60.0 Å². The maximum Gasteiger partial charge on any atom is 0.276 e. The van der Waals surface area contributed by atoms with E-state index in [0.717, 1.165) is 22.3 Å². The van der Waals surface area contributed by atoms with Gasteiger partial charge in [0.25, 0.3) is 5.91 Å². The van der Waals surface area contributed by atoms with E-state index in [-0.39, 0.29) is 5.91 Å². The first-order valence-electron chi connectivity index (χ1n) is 8.26. The Kier molecular flexibility index (Phi) is 3.47. The highest BCUT2D eigenvalue weighted by atomic mass is 32.1. The number of aromatic nitrogens is 5. The van der Waals surface area contributed by atoms with Gasteiger partial charge in [-0.05, 0) is 30.4 Å². The van der Waals surface area contributed by atoms with Crippen molar-refractivity contribution in [3.63, 3.8) is 0 Å². The first kappa shape index (κ1) is 15.6. The molecule has 0 saturated heterocycles. The summed E-state index contributed by atoms with van der Waals surface area (Å²) < 4.78 is 3.76. The molecule has 0 bridgehead atoms. The van der Waals surface area contributed by atoms with E-state index in [9.17, 15) is 4.79 Å². The lowest BCUT2D eigenvalue weighted by Crippen LogP contribution is -2.17. The van der Waals surface area contributed by atoms with Crippen LogP contribution in [0, 0.1) is 4.77 Å². The minimum absolute atomic E-state index is 0.265. The van der Waals surface area contributed by atoms with Crippen LogP contribution in [0.25, 0.3) is 11.0 Å². The third-order valence-electron chi connectivity index (χ3n) is 4.40. The molecule has 0 radical (unpaired) electrons. The van der Waals surface area contributed by atoms with E-state index >= 15 is 0 Å². The van der Waals surface area contributed by atoms with Gasteiger partial charge in [-0.25, -0.2) is 4.98 Å². The lowest BCUT2D eigenvalue weighted by atomic mass is 10.1. The van der Waals surface area contributed by atoms with Crippen LogP contribution in [0.4, 0.5) is 5.69 Å². The largest absolute Gasteiger partial charge is 0.323 e. The van der Waals surface area contributed by atoms with Crippen molar-refractivity contribution in [2.45, 2.75) is 6.54 Å². The fourth-order valence-electron chi connectivity index (χ4n) is 3.12. The molecular formula is C18H13N7OS. The number of rotatable bonds is 3. The molecule has 2 aromatic heterocycles. The molecule has 3 heterocycles. The van der Waals surface area contributed by atoms with Crippen LogP contribution < -0.4 is 5.32 Å². The summed E-state index contributed by atoms with van der Waals surface area (Å²) >= 11 is 5.32. The Morgan fingerprint density at radius 2 is 1.93 bits per heavy atom. The number of benzene rings is 2. The number of imidazole rings is 1. The van der Waals surface area contributed by atoms with Crippen LogP contribution in [0.1, 0.15) is 11.4 Å². The number of carbonyl (C=O) groups excluding carboxylic acids is 1. The number of para-hydroxylation sites is 3. The summed E-state index contributed by atoms with van der Waals surface area (Å²) in [6, 6.07) is 15.2. The van der Waals surface area contributed by atoms with Gasteiger partial charge in [-0.1, -0.05) is 30.3 Å². The summed E-state index contributed by atoms with van der Waals surface area (Å²) in [5, 5.41) is 14.3. The normalized spacial score (nSPS) is 14.7. The van der Waals surface area contributed by atoms with Gasteiger partial charge in [0.1, 0.15) is 0 Å². The van der Waals surface area contributed by atoms with Crippen LogP contribution in [0.3, 0.4) is 0 Å². The van der Waals surface area contributed by atoms with Crippen molar-refractivity contribution in [1.82, 2.24) is 24.4 Å². The zero-order valence-corrected chi connectivity index (χ0v) is 14.8. The van der Waals surface area contributed by atoms with Gasteiger partial charge in [0.15, 0.2) is 11.5 Å². The van der Waals surface area contributed by atoms with Crippen molar-refractivity contribution in [3.05, 3.63) is 71.0 Å². The molecule has 0 fully saturated rings. The molecule has 0 saturated carbocycles. The van der Waals surface area contributed by atoms with Crippen LogP contribution in [-0.2, 0) is 11.3 Å². The summed E-state index contributed by atoms with van der Waals surface area (Å²) in [6.07, 6.45) is 1.75. The predicted molar refractivity (Wildman–Crippen MR) is 103 cm³/mol. The van der Waals surface area contributed by atoms with Crippen molar-refractivity contribution in [2.75, 3.05) is 5.32 Å². The molecule has 1 amide bonds. The Balaban J connectivity index is 1.58. The Morgan fingerprint density at radius 1 is 1.11 bits per heavy atom. The van der Waals surface area contributed by atoms with Gasteiger partial charge in [-0.2, -0.15) is 14.9 Å². The second-order valence-corrected chi connectivity index (χ2v) is 6.45. The number of amides is 1. The van der Waals surface area contributed by atoms with E-state index in [0.29, 0.717) is 22.9 Å². The topological polar surface area (TPSA) is 92.9 Å². The van der Waals surface area contributed by atoms with E-state index in [4.69, 9.17) is 12.2 Å². The Bertz CT molecular complexity index is 1280. The lowest BCUT2D eigenvalue weighted by molar-refractivity contribution is -0.110. The molecule has 0 atom stereocenters. The van der Waals surface area contributed by atoms with Crippen LogP contribution in [-0.4, -0.2) is 36.0 Å². The number of H-pyrrole nitrogens is 1. The number of nitrogens with one attached hydrogen (secondary N) is 2. The Labute approximate surface area is 158 Å². The smallest absolute Gasteiger partial charge is 0.276 e. The Hall–Kier alpha value is -3.59. The van der Waals surface area contributed by atoms with Gasteiger partial charge >= 0.3 is 0 Å². The molecule has 2 N–H and O–H groups in total. The molecule has 0 aliphatic carbocycles. The van der Waals surface area contributed by atoms with Gasteiger partial charge in [-0.3, -0.25) is 9.89 Å². The van der Waals surface area contributed by atoms with Crippen molar-refractivity contribution in [1.29, 1.82) is 0 Å². The average molecular weight is 375 g/mol. The zero-order chi connectivity index (χ0) is 18.4. The number of aromatic amines is 1. The first-order valence-corrected chi connectivity index (χ1v) is 8.67. The molecule has 0 spiro atoms. The third-order valence-corrected chi connectivity index (χ3v) is 4.67. The van der Waals surface area contributed by atoms with Crippen molar-refractivity contribution in [2.24, 2.45) is 5.10 Å². The van der Waals surface area contributed by atoms with E-state index in [1.54, 1.807) is 6.33 Å². The van der Waals surface area contributed by atoms with Crippen molar-refractivity contribution in [3.8, 4) is 0 Å². The molecule has 9 heteroatoms. The number of hydrogen-bond acceptors (Lipinski definition) is 5. The van der Waals surface area contributed by atoms with Gasteiger partial charge < -0.3 is 9.88 Å². The summed E-state index contributed by atoms with van der Waals surface area (Å²) in [5.74, 6) is 0.311. The molecule has 5 rings (SSSR count). The minimum Gasteiger partial charge on any atom is -0.323 e. The summed E-state index contributed by atoms with van der Waals surface area (Å²) in [5.41, 5.74) is 3.66. The number of anilines is 1. The number of fused-ring (bicyclic) bond motifs is 2. The van der Waals surface area contributed by atoms with Gasteiger partial charge in [0.05, 0.1) is 29.6 Å². The standard InChI is InChI=1S/C18H13N7OS/c26-17-16(11-5-1-2-6-12(11)20-17)23-25-15(21-22-18(25)27)9-24-10-19-13-7-3-4-8-14(13)24/h1-8,10H,9H2,(H,22,27)(H,20,23,26). The lowest BCUT2D eigenvalue weighted by Gasteiger charge is -2.04. The van der Waals surface area contributed by atoms with Crippen LogP contribution in [0.2, 0.25) is 0 Å². The number of nitrogens with zero attached hydrogens (tertiary/aromatic N) is 5. The molecule has 27 heavy (non-hydrogen) atoms. The highest BCUT2D eigenvalue weighted by Crippen LogP contribution is 2.23. The summed E-state index contributed by atoms with van der Waals surface area (Å²) in [4.78, 5) is 16.7. The molecule has 1 aliphatic heterocycles. The van der Waals surface area contributed by atoms with Gasteiger partial charge in [-0.15, -0.1) is 0 Å². The first-order chi connectivity index (χ1) is 13.2. The van der Waals surface area contributed by atoms with E-state index in [1.807, 2.05) is 53.1 Å². The molecule has 2 aromatic carbocycles. The summed E-state index contributed by atoms with van der Waals surface area (Å²) in [6.45, 7) is 0.410. The van der Waals surface area contributed by atoms with Crippen molar-refractivity contribution >= 4 is 40.6 Å². The SMILES string of the molecule is O=C1Nc2ccccc2/C1=N\n1c(Cn2cnc3ccccc32)n[nH]c1=S. The number of carbonyl (C=O) groups is 1. The molecular weight excluding hydrogens is 362 g/mol. The van der Waals surface area contributed by atoms with E-state index in [2.05, 4.69) is 25.6 Å². The van der Waals surface area contributed by atoms with E-state index in [1.165, 1.54) is 4.68 Å². The van der Waals surface area contributed by atoms with E-state index < -0.39 is 0 Å². The predicted octanol–water partition coefficient (Wildman–Crippen LogP) is 2.54. The van der Waals surface area contributed by atoms with Crippen molar-refractivity contribution < 1.29 is 4.79 Å². The summed E-state index contributed by atoms with van der Waals surface area (Å²) in [7, 11) is 0. The van der Waals surface area contributed by atoms with Crippen LogP contribution >= 0.6 is 12.2 Å². The highest BCUT2D eigenvalue weighted by molar-refractivity contribution is 7.71. The second-order valence-electron chi connectivity index (χ2n) is 6.07. The molecule has 132 valence electrons. The third kappa shape index (κ3) is 2.56. The quantitative estimate of drug-likeness (QED) is 0.538. The molecule has 0 unspecified atom stereocenters. The average Bonchev–Trinajstić information content (AvgIpc) is 3.34. The monoisotopic (exact) mass is 375 g/mol. The molecule has 1 aliphatic rings. The highest BCUT2D eigenvalue weighted by Gasteiger charge is 2.26. The fourth-order valence-corrected chi connectivity index (χ4v) is 3.31. The van der Waals surface area contributed by atoms with Gasteiger partial charge in [0.2, 0.25) is 4.77 Å². The van der Waals surface area contributed by atoms with Crippen LogP contribution in [0.5, 0.6) is 0 Å². The molecule has 4 aromatic rings.